The number of carbonyl (C=O) groups is 1. The number of carbonyl (C=O) groups excluding carboxylic acids is 1. The Labute approximate surface area is 173 Å². The number of piperidine rings is 1. The lowest BCUT2D eigenvalue weighted by Crippen LogP contribution is -3.07. The molecule has 0 radical (unpaired) electrons. The second kappa shape index (κ2) is 9.52. The molecule has 1 aliphatic rings. The van der Waals surface area contributed by atoms with Gasteiger partial charge in [0.05, 0.1) is 25.5 Å². The van der Waals surface area contributed by atoms with Crippen molar-refractivity contribution in [1.82, 2.24) is 9.62 Å². The molecule has 1 heterocycles. The van der Waals surface area contributed by atoms with E-state index in [0.717, 1.165) is 0 Å². The van der Waals surface area contributed by atoms with Gasteiger partial charge in [-0.05, 0) is 25.0 Å². The van der Waals surface area contributed by atoms with Gasteiger partial charge in [0.25, 0.3) is 0 Å². The Kier molecular flexibility index (Phi) is 7.05. The highest BCUT2D eigenvalue weighted by Gasteiger charge is 2.32. The first-order valence-electron chi connectivity index (χ1n) is 10.1. The van der Waals surface area contributed by atoms with Gasteiger partial charge in [0.1, 0.15) is 6.04 Å². The number of hydrogen-bond acceptors (Lipinski definition) is 3. The second-order valence-corrected chi connectivity index (χ2v) is 9.72. The van der Waals surface area contributed by atoms with E-state index in [1.807, 2.05) is 18.2 Å². The molecule has 1 aliphatic heterocycles. The van der Waals surface area contributed by atoms with Crippen LogP contribution in [0.25, 0.3) is 0 Å². The van der Waals surface area contributed by atoms with Crippen LogP contribution in [0.1, 0.15) is 24.4 Å². The highest BCUT2D eigenvalue weighted by molar-refractivity contribution is 7.89. The minimum absolute atomic E-state index is 0.0175. The molecule has 0 aromatic heterocycles. The highest BCUT2D eigenvalue weighted by atomic mass is 32.2. The van der Waals surface area contributed by atoms with Crippen molar-refractivity contribution in [2.45, 2.75) is 23.8 Å². The number of hydrogen-bond donors (Lipinski definition) is 2. The van der Waals surface area contributed by atoms with Gasteiger partial charge in [-0.2, -0.15) is 4.31 Å². The monoisotopic (exact) mass is 416 g/mol. The first-order valence-corrected chi connectivity index (χ1v) is 11.5. The maximum atomic E-state index is 12.7. The molecular weight excluding hydrogens is 386 g/mol. The Hall–Kier alpha value is -2.22. The first-order chi connectivity index (χ1) is 13.9. The van der Waals surface area contributed by atoms with E-state index < -0.39 is 10.0 Å². The Morgan fingerprint density at radius 3 is 2.14 bits per heavy atom. The van der Waals surface area contributed by atoms with Crippen LogP contribution in [0, 0.1) is 5.92 Å². The third kappa shape index (κ3) is 5.23. The molecule has 1 atom stereocenters. The fourth-order valence-electron chi connectivity index (χ4n) is 3.79. The molecule has 1 saturated heterocycles. The van der Waals surface area contributed by atoms with Gasteiger partial charge in [-0.1, -0.05) is 48.5 Å². The molecule has 1 amide bonds. The Bertz CT molecular complexity index is 893. The summed E-state index contributed by atoms with van der Waals surface area (Å²) in [6.07, 6.45) is 1.09. The summed E-state index contributed by atoms with van der Waals surface area (Å²) < 4.78 is 27.0. The number of benzene rings is 2. The molecule has 2 aromatic carbocycles. The Balaban J connectivity index is 1.55. The molecule has 6 nitrogen and oxygen atoms in total. The summed E-state index contributed by atoms with van der Waals surface area (Å²) in [7, 11) is 0.674. The fourth-order valence-corrected chi connectivity index (χ4v) is 5.28. The van der Waals surface area contributed by atoms with Crippen molar-refractivity contribution in [3.05, 3.63) is 66.2 Å². The molecular formula is C22H30N3O3S+. The Morgan fingerprint density at radius 1 is 1.03 bits per heavy atom. The topological polar surface area (TPSA) is 70.9 Å². The molecule has 7 heteroatoms. The predicted octanol–water partition coefficient (Wildman–Crippen LogP) is 1.09. The summed E-state index contributed by atoms with van der Waals surface area (Å²) in [6.45, 7) is 1.31. The molecule has 0 unspecified atom stereocenters. The first kappa shape index (κ1) is 21.5. The zero-order valence-electron chi connectivity index (χ0n) is 17.0. The summed E-state index contributed by atoms with van der Waals surface area (Å²) in [4.78, 5) is 14.3. The lowest BCUT2D eigenvalue weighted by Gasteiger charge is -2.31. The van der Waals surface area contributed by atoms with Crippen LogP contribution >= 0.6 is 0 Å². The lowest BCUT2D eigenvalue weighted by molar-refractivity contribution is -0.890. The number of nitrogens with one attached hydrogen (secondary N) is 2. The van der Waals surface area contributed by atoms with Crippen molar-refractivity contribution in [1.29, 1.82) is 0 Å². The summed E-state index contributed by atoms with van der Waals surface area (Å²) in [5.41, 5.74) is 1.19. The largest absolute Gasteiger partial charge is 0.350 e. The summed E-state index contributed by atoms with van der Waals surface area (Å²) in [5, 5.41) is 3.09. The van der Waals surface area contributed by atoms with Crippen LogP contribution in [0.3, 0.4) is 0 Å². The summed E-state index contributed by atoms with van der Waals surface area (Å²) in [6, 6.07) is 18.8. The zero-order valence-corrected chi connectivity index (χ0v) is 17.9. The van der Waals surface area contributed by atoms with Gasteiger partial charge in [0.15, 0.2) is 0 Å². The molecule has 156 valence electrons. The van der Waals surface area contributed by atoms with Crippen molar-refractivity contribution >= 4 is 15.9 Å². The number of nitrogens with zero attached hydrogens (tertiary/aromatic N) is 1. The molecule has 0 bridgehead atoms. The predicted molar refractivity (Wildman–Crippen MR) is 113 cm³/mol. The van der Waals surface area contributed by atoms with E-state index in [9.17, 15) is 13.2 Å². The summed E-state index contributed by atoms with van der Waals surface area (Å²) >= 11 is 0. The number of likely N-dealkylation sites (N-methyl/N-ethyl adjacent to an activating group) is 1. The van der Waals surface area contributed by atoms with Gasteiger partial charge < -0.3 is 10.2 Å². The molecule has 1 fully saturated rings. The van der Waals surface area contributed by atoms with Crippen LogP contribution in [-0.2, 0) is 14.8 Å². The van der Waals surface area contributed by atoms with E-state index in [1.165, 1.54) is 14.8 Å². The molecule has 29 heavy (non-hydrogen) atoms. The SMILES string of the molecule is C[NH+](C)[C@@H](CNC(=O)C1CCN(S(=O)(=O)c2ccccc2)CC1)c1ccccc1. The molecule has 3 rings (SSSR count). The van der Waals surface area contributed by atoms with E-state index in [0.29, 0.717) is 37.4 Å². The van der Waals surface area contributed by atoms with Gasteiger partial charge >= 0.3 is 0 Å². The lowest BCUT2D eigenvalue weighted by atomic mass is 9.97. The van der Waals surface area contributed by atoms with E-state index in [-0.39, 0.29) is 17.9 Å². The quantitative estimate of drug-likeness (QED) is 0.710. The third-order valence-electron chi connectivity index (χ3n) is 5.58. The number of amides is 1. The molecule has 0 spiro atoms. The fraction of sp³-hybridized carbons (Fsp3) is 0.409. The molecule has 2 aromatic rings. The smallest absolute Gasteiger partial charge is 0.243 e. The maximum Gasteiger partial charge on any atom is 0.243 e. The van der Waals surface area contributed by atoms with Crippen LogP contribution < -0.4 is 10.2 Å². The van der Waals surface area contributed by atoms with Crippen molar-refractivity contribution in [3.63, 3.8) is 0 Å². The van der Waals surface area contributed by atoms with Crippen LogP contribution in [0.15, 0.2) is 65.6 Å². The van der Waals surface area contributed by atoms with E-state index in [2.05, 4.69) is 31.5 Å². The molecule has 0 saturated carbocycles. The average molecular weight is 417 g/mol. The van der Waals surface area contributed by atoms with Crippen molar-refractivity contribution < 1.29 is 18.1 Å². The summed E-state index contributed by atoms with van der Waals surface area (Å²) in [5.74, 6) is -0.130. The molecule has 0 aliphatic carbocycles. The standard InChI is InChI=1S/C22H29N3O3S/c1-24(2)21(18-9-5-3-6-10-18)17-23-22(26)19-13-15-25(16-14-19)29(27,28)20-11-7-4-8-12-20/h3-12,19,21H,13-17H2,1-2H3,(H,23,26)/p+1/t21-/m0/s1. The minimum atomic E-state index is -3.49. The van der Waals surface area contributed by atoms with Crippen LogP contribution in [0.2, 0.25) is 0 Å². The van der Waals surface area contributed by atoms with Crippen molar-refractivity contribution in [3.8, 4) is 0 Å². The maximum absolute atomic E-state index is 12.7. The van der Waals surface area contributed by atoms with Gasteiger partial charge in [-0.25, -0.2) is 8.42 Å². The number of quaternary nitrogens is 1. The van der Waals surface area contributed by atoms with Crippen LogP contribution in [0.5, 0.6) is 0 Å². The van der Waals surface area contributed by atoms with Gasteiger partial charge in [-0.15, -0.1) is 0 Å². The minimum Gasteiger partial charge on any atom is -0.350 e. The van der Waals surface area contributed by atoms with Crippen LogP contribution in [-0.4, -0.2) is 52.4 Å². The Morgan fingerprint density at radius 2 is 1.59 bits per heavy atom. The normalized spacial score (nSPS) is 17.2. The highest BCUT2D eigenvalue weighted by Crippen LogP contribution is 2.24. The van der Waals surface area contributed by atoms with E-state index in [1.54, 1.807) is 30.3 Å². The number of sulfonamides is 1. The van der Waals surface area contributed by atoms with E-state index in [4.69, 9.17) is 0 Å². The van der Waals surface area contributed by atoms with Gasteiger partial charge in [0, 0.05) is 24.6 Å². The van der Waals surface area contributed by atoms with Crippen LogP contribution in [0.4, 0.5) is 0 Å². The number of rotatable bonds is 7. The zero-order chi connectivity index (χ0) is 20.9. The van der Waals surface area contributed by atoms with Crippen molar-refractivity contribution in [2.24, 2.45) is 5.92 Å². The average Bonchev–Trinajstić information content (AvgIpc) is 2.75. The third-order valence-corrected chi connectivity index (χ3v) is 7.50. The molecule has 2 N–H and O–H groups in total. The van der Waals surface area contributed by atoms with E-state index >= 15 is 0 Å². The van der Waals surface area contributed by atoms with Gasteiger partial charge in [0.2, 0.25) is 15.9 Å². The van der Waals surface area contributed by atoms with Crippen molar-refractivity contribution in [2.75, 3.05) is 33.7 Å². The second-order valence-electron chi connectivity index (χ2n) is 7.78. The van der Waals surface area contributed by atoms with Gasteiger partial charge in [-0.3, -0.25) is 4.79 Å².